The standard InChI is InChI=1S/C12H17BrN2O3S/c1-2-10-9-11(13)3-4-12(10)19(16,17)14-15-5-7-18-8-6-15/h3-4,9,14H,2,5-8H2,1H3. The van der Waals surface area contributed by atoms with Gasteiger partial charge in [0.25, 0.3) is 10.0 Å². The molecule has 0 unspecified atom stereocenters. The van der Waals surface area contributed by atoms with Gasteiger partial charge in [0.15, 0.2) is 0 Å². The van der Waals surface area contributed by atoms with E-state index in [1.54, 1.807) is 17.1 Å². The summed E-state index contributed by atoms with van der Waals surface area (Å²) in [5.74, 6) is 0. The molecule has 1 aliphatic heterocycles. The molecule has 0 amide bonds. The quantitative estimate of drug-likeness (QED) is 0.896. The predicted octanol–water partition coefficient (Wildman–Crippen LogP) is 1.54. The summed E-state index contributed by atoms with van der Waals surface area (Å²) in [5, 5.41) is 1.68. The Labute approximate surface area is 122 Å². The number of rotatable bonds is 4. The van der Waals surface area contributed by atoms with E-state index in [2.05, 4.69) is 20.8 Å². The van der Waals surface area contributed by atoms with Gasteiger partial charge >= 0.3 is 0 Å². The van der Waals surface area contributed by atoms with Gasteiger partial charge in [-0.25, -0.2) is 13.4 Å². The van der Waals surface area contributed by atoms with E-state index < -0.39 is 10.0 Å². The summed E-state index contributed by atoms with van der Waals surface area (Å²) in [6, 6.07) is 5.21. The van der Waals surface area contributed by atoms with Gasteiger partial charge in [-0.15, -0.1) is 4.83 Å². The number of hydrogen-bond acceptors (Lipinski definition) is 4. The number of morpholine rings is 1. The van der Waals surface area contributed by atoms with Crippen LogP contribution in [0.3, 0.4) is 0 Å². The second-order valence-corrected chi connectivity index (χ2v) is 6.84. The van der Waals surface area contributed by atoms with E-state index >= 15 is 0 Å². The highest BCUT2D eigenvalue weighted by Gasteiger charge is 2.22. The third-order valence-corrected chi connectivity index (χ3v) is 4.92. The summed E-state index contributed by atoms with van der Waals surface area (Å²) < 4.78 is 30.8. The van der Waals surface area contributed by atoms with E-state index in [1.807, 2.05) is 13.0 Å². The van der Waals surface area contributed by atoms with Crippen molar-refractivity contribution in [2.75, 3.05) is 26.3 Å². The Hall–Kier alpha value is -0.470. The van der Waals surface area contributed by atoms with Crippen molar-refractivity contribution in [3.8, 4) is 0 Å². The van der Waals surface area contributed by atoms with Crippen LogP contribution in [0.1, 0.15) is 12.5 Å². The topological polar surface area (TPSA) is 58.6 Å². The van der Waals surface area contributed by atoms with Crippen molar-refractivity contribution in [1.82, 2.24) is 9.84 Å². The fourth-order valence-electron chi connectivity index (χ4n) is 1.96. The summed E-state index contributed by atoms with van der Waals surface area (Å²) in [4.78, 5) is 2.95. The molecule has 1 aromatic carbocycles. The Morgan fingerprint density at radius 2 is 2.05 bits per heavy atom. The highest BCUT2D eigenvalue weighted by molar-refractivity contribution is 9.10. The summed E-state index contributed by atoms with van der Waals surface area (Å²) in [7, 11) is -3.52. The smallest absolute Gasteiger partial charge is 0.253 e. The van der Waals surface area contributed by atoms with Crippen LogP contribution in [0.25, 0.3) is 0 Å². The fraction of sp³-hybridized carbons (Fsp3) is 0.500. The van der Waals surface area contributed by atoms with Crippen molar-refractivity contribution in [2.24, 2.45) is 0 Å². The minimum atomic E-state index is -3.52. The number of aryl methyl sites for hydroxylation is 1. The van der Waals surface area contributed by atoms with Crippen LogP contribution in [0.4, 0.5) is 0 Å². The fourth-order valence-corrected chi connectivity index (χ4v) is 3.79. The molecular weight excluding hydrogens is 332 g/mol. The van der Waals surface area contributed by atoms with Crippen LogP contribution in [0.15, 0.2) is 27.6 Å². The highest BCUT2D eigenvalue weighted by atomic mass is 79.9. The van der Waals surface area contributed by atoms with Crippen LogP contribution in [-0.2, 0) is 21.2 Å². The summed E-state index contributed by atoms with van der Waals surface area (Å²) >= 11 is 3.36. The van der Waals surface area contributed by atoms with Crippen LogP contribution in [0.2, 0.25) is 0 Å². The molecule has 0 saturated carbocycles. The first kappa shape index (κ1) is 14.9. The summed E-state index contributed by atoms with van der Waals surface area (Å²) in [5.41, 5.74) is 0.801. The second kappa shape index (κ2) is 6.32. The molecule has 0 radical (unpaired) electrons. The molecule has 19 heavy (non-hydrogen) atoms. The average molecular weight is 349 g/mol. The average Bonchev–Trinajstić information content (AvgIpc) is 2.38. The number of hydrogen-bond donors (Lipinski definition) is 1. The van der Waals surface area contributed by atoms with Gasteiger partial charge in [-0.1, -0.05) is 22.9 Å². The van der Waals surface area contributed by atoms with Crippen molar-refractivity contribution in [1.29, 1.82) is 0 Å². The van der Waals surface area contributed by atoms with E-state index in [0.29, 0.717) is 37.6 Å². The van der Waals surface area contributed by atoms with Crippen LogP contribution in [0.5, 0.6) is 0 Å². The van der Waals surface area contributed by atoms with E-state index in [4.69, 9.17) is 4.74 Å². The van der Waals surface area contributed by atoms with Gasteiger partial charge < -0.3 is 4.74 Å². The van der Waals surface area contributed by atoms with Gasteiger partial charge in [-0.05, 0) is 30.2 Å². The zero-order chi connectivity index (χ0) is 13.9. The van der Waals surface area contributed by atoms with Crippen LogP contribution >= 0.6 is 15.9 Å². The Morgan fingerprint density at radius 3 is 2.68 bits per heavy atom. The maximum atomic E-state index is 12.4. The SMILES string of the molecule is CCc1cc(Br)ccc1S(=O)(=O)NN1CCOCC1. The zero-order valence-electron chi connectivity index (χ0n) is 10.7. The minimum Gasteiger partial charge on any atom is -0.379 e. The lowest BCUT2D eigenvalue weighted by Gasteiger charge is -2.27. The van der Waals surface area contributed by atoms with Crippen molar-refractivity contribution in [3.05, 3.63) is 28.2 Å². The molecule has 1 aromatic rings. The lowest BCUT2D eigenvalue weighted by molar-refractivity contribution is 0.0272. The van der Waals surface area contributed by atoms with Gasteiger partial charge in [0, 0.05) is 17.6 Å². The summed E-state index contributed by atoms with van der Waals surface area (Å²) in [6.45, 7) is 4.16. The first-order valence-corrected chi connectivity index (χ1v) is 8.44. The number of hydrazine groups is 1. The van der Waals surface area contributed by atoms with Gasteiger partial charge in [-0.2, -0.15) is 0 Å². The van der Waals surface area contributed by atoms with Crippen LogP contribution < -0.4 is 4.83 Å². The maximum Gasteiger partial charge on any atom is 0.253 e. The Morgan fingerprint density at radius 1 is 1.37 bits per heavy atom. The molecule has 7 heteroatoms. The molecular formula is C12H17BrN2O3S. The Balaban J connectivity index is 2.23. The normalized spacial score (nSPS) is 17.6. The van der Waals surface area contributed by atoms with Gasteiger partial charge in [0.1, 0.15) is 0 Å². The van der Waals surface area contributed by atoms with Crippen molar-refractivity contribution in [3.63, 3.8) is 0 Å². The Bertz CT molecular complexity index is 542. The molecule has 1 saturated heterocycles. The minimum absolute atomic E-state index is 0.338. The summed E-state index contributed by atoms with van der Waals surface area (Å²) in [6.07, 6.45) is 0.665. The largest absolute Gasteiger partial charge is 0.379 e. The molecule has 0 aromatic heterocycles. The van der Waals surface area contributed by atoms with Crippen molar-refractivity contribution >= 4 is 26.0 Å². The molecule has 106 valence electrons. The first-order chi connectivity index (χ1) is 9.03. The van der Waals surface area contributed by atoms with E-state index in [-0.39, 0.29) is 0 Å². The lowest BCUT2D eigenvalue weighted by atomic mass is 10.2. The molecule has 5 nitrogen and oxygen atoms in total. The first-order valence-electron chi connectivity index (χ1n) is 6.16. The van der Waals surface area contributed by atoms with Gasteiger partial charge in [-0.3, -0.25) is 0 Å². The van der Waals surface area contributed by atoms with Gasteiger partial charge in [0.05, 0.1) is 18.1 Å². The highest BCUT2D eigenvalue weighted by Crippen LogP contribution is 2.21. The molecule has 1 heterocycles. The molecule has 0 atom stereocenters. The molecule has 0 bridgehead atoms. The van der Waals surface area contributed by atoms with E-state index in [1.165, 1.54) is 0 Å². The second-order valence-electron chi connectivity index (χ2n) is 4.30. The van der Waals surface area contributed by atoms with E-state index in [9.17, 15) is 8.42 Å². The monoisotopic (exact) mass is 348 g/mol. The molecule has 1 fully saturated rings. The molecule has 1 N–H and O–H groups in total. The number of ether oxygens (including phenoxy) is 1. The number of nitrogens with zero attached hydrogens (tertiary/aromatic N) is 1. The van der Waals surface area contributed by atoms with E-state index in [0.717, 1.165) is 10.0 Å². The van der Waals surface area contributed by atoms with Crippen LogP contribution in [-0.4, -0.2) is 39.7 Å². The Kier molecular flexibility index (Phi) is 4.97. The maximum absolute atomic E-state index is 12.4. The van der Waals surface area contributed by atoms with Crippen LogP contribution in [0, 0.1) is 0 Å². The van der Waals surface area contributed by atoms with Crippen molar-refractivity contribution < 1.29 is 13.2 Å². The third-order valence-electron chi connectivity index (χ3n) is 2.95. The number of nitrogens with one attached hydrogen (secondary N) is 1. The van der Waals surface area contributed by atoms with Gasteiger partial charge in [0.2, 0.25) is 0 Å². The third kappa shape index (κ3) is 3.76. The predicted molar refractivity (Wildman–Crippen MR) is 76.2 cm³/mol. The number of benzene rings is 1. The lowest BCUT2D eigenvalue weighted by Crippen LogP contribution is -2.48. The van der Waals surface area contributed by atoms with Crippen molar-refractivity contribution in [2.45, 2.75) is 18.2 Å². The number of sulfonamides is 1. The molecule has 0 aliphatic carbocycles. The zero-order valence-corrected chi connectivity index (χ0v) is 13.1. The number of halogens is 1. The molecule has 1 aliphatic rings. The molecule has 0 spiro atoms. The molecule has 2 rings (SSSR count).